The summed E-state index contributed by atoms with van der Waals surface area (Å²) in [6.07, 6.45) is -1.75. The molecule has 0 bridgehead atoms. The molecule has 2 heterocycles. The Kier molecular flexibility index (Phi) is 5.41. The van der Waals surface area contributed by atoms with E-state index < -0.39 is 11.7 Å². The van der Waals surface area contributed by atoms with Crippen LogP contribution in [0.5, 0.6) is 11.6 Å². The number of rotatable bonds is 4. The molecule has 1 atom stereocenters. The molecule has 1 aromatic carbocycles. The Morgan fingerprint density at radius 3 is 2.54 bits per heavy atom. The number of benzene rings is 1. The normalized spacial score (nSPS) is 17.6. The summed E-state index contributed by atoms with van der Waals surface area (Å²) in [6, 6.07) is 8.53. The Labute approximate surface area is 148 Å². The lowest BCUT2D eigenvalue weighted by atomic mass is 10.1. The van der Waals surface area contributed by atoms with Gasteiger partial charge in [0.25, 0.3) is 5.91 Å². The van der Waals surface area contributed by atoms with Crippen LogP contribution in [-0.4, -0.2) is 30.0 Å². The highest BCUT2D eigenvalue weighted by atomic mass is 19.4. The number of ether oxygens (including phenoxy) is 1. The van der Waals surface area contributed by atoms with Gasteiger partial charge in [0, 0.05) is 30.4 Å². The summed E-state index contributed by atoms with van der Waals surface area (Å²) in [6.45, 7) is 1.73. The van der Waals surface area contributed by atoms with Crippen LogP contribution in [0.4, 0.5) is 13.2 Å². The van der Waals surface area contributed by atoms with E-state index in [0.29, 0.717) is 11.3 Å². The maximum atomic E-state index is 12.5. The van der Waals surface area contributed by atoms with E-state index in [-0.39, 0.29) is 17.8 Å². The number of alkyl halides is 3. The quantitative estimate of drug-likeness (QED) is 0.872. The summed E-state index contributed by atoms with van der Waals surface area (Å²) in [4.78, 5) is 15.9. The second-order valence-electron chi connectivity index (χ2n) is 6.03. The van der Waals surface area contributed by atoms with Crippen LogP contribution in [0.2, 0.25) is 0 Å². The highest BCUT2D eigenvalue weighted by Gasteiger charge is 2.30. The molecule has 138 valence electrons. The average molecular weight is 365 g/mol. The van der Waals surface area contributed by atoms with Crippen LogP contribution in [0.15, 0.2) is 42.6 Å². The van der Waals surface area contributed by atoms with Gasteiger partial charge in [-0.15, -0.1) is 0 Å². The Morgan fingerprint density at radius 2 is 1.96 bits per heavy atom. The molecule has 1 unspecified atom stereocenters. The van der Waals surface area contributed by atoms with Gasteiger partial charge in [-0.05, 0) is 49.7 Å². The molecule has 1 amide bonds. The molecular formula is C18H18F3N3O2. The predicted octanol–water partition coefficient (Wildman–Crippen LogP) is 3.37. The molecule has 2 aromatic rings. The summed E-state index contributed by atoms with van der Waals surface area (Å²) in [5, 5.41) is 6.19. The maximum absolute atomic E-state index is 12.5. The van der Waals surface area contributed by atoms with Gasteiger partial charge in [-0.2, -0.15) is 13.2 Å². The van der Waals surface area contributed by atoms with Crippen LogP contribution in [0.25, 0.3) is 0 Å². The van der Waals surface area contributed by atoms with Gasteiger partial charge in [-0.3, -0.25) is 4.79 Å². The number of carbonyl (C=O) groups excluding carboxylic acids is 1. The predicted molar refractivity (Wildman–Crippen MR) is 89.1 cm³/mol. The number of piperidine rings is 1. The van der Waals surface area contributed by atoms with E-state index in [9.17, 15) is 18.0 Å². The number of carbonyl (C=O) groups is 1. The fraction of sp³-hybridized carbons (Fsp3) is 0.333. The van der Waals surface area contributed by atoms with Crippen LogP contribution in [-0.2, 0) is 6.18 Å². The van der Waals surface area contributed by atoms with Crippen molar-refractivity contribution < 1.29 is 22.7 Å². The second-order valence-corrected chi connectivity index (χ2v) is 6.03. The van der Waals surface area contributed by atoms with E-state index >= 15 is 0 Å². The average Bonchev–Trinajstić information content (AvgIpc) is 2.63. The number of hydrogen-bond acceptors (Lipinski definition) is 4. The molecule has 0 aliphatic carbocycles. The van der Waals surface area contributed by atoms with Crippen molar-refractivity contribution in [3.05, 3.63) is 53.7 Å². The molecule has 1 saturated heterocycles. The fourth-order valence-electron chi connectivity index (χ4n) is 2.65. The first-order valence-corrected chi connectivity index (χ1v) is 8.24. The number of aromatic nitrogens is 1. The third-order valence-corrected chi connectivity index (χ3v) is 4.03. The molecule has 1 aromatic heterocycles. The zero-order chi connectivity index (χ0) is 18.6. The van der Waals surface area contributed by atoms with E-state index in [4.69, 9.17) is 4.74 Å². The van der Waals surface area contributed by atoms with Gasteiger partial charge in [0.15, 0.2) is 0 Å². The Morgan fingerprint density at radius 1 is 1.19 bits per heavy atom. The molecule has 1 aliphatic rings. The van der Waals surface area contributed by atoms with Crippen LogP contribution >= 0.6 is 0 Å². The van der Waals surface area contributed by atoms with E-state index in [2.05, 4.69) is 15.6 Å². The van der Waals surface area contributed by atoms with Gasteiger partial charge in [-0.1, -0.05) is 0 Å². The van der Waals surface area contributed by atoms with E-state index in [1.807, 2.05) is 0 Å². The molecule has 0 radical (unpaired) electrons. The molecule has 26 heavy (non-hydrogen) atoms. The molecule has 2 N–H and O–H groups in total. The topological polar surface area (TPSA) is 63.2 Å². The number of nitrogens with zero attached hydrogens (tertiary/aromatic N) is 1. The molecule has 1 aliphatic heterocycles. The first-order chi connectivity index (χ1) is 12.4. The Hall–Kier alpha value is -2.61. The van der Waals surface area contributed by atoms with Crippen molar-refractivity contribution in [2.24, 2.45) is 0 Å². The van der Waals surface area contributed by atoms with Crippen molar-refractivity contribution in [3.8, 4) is 11.6 Å². The number of halogens is 3. The van der Waals surface area contributed by atoms with Gasteiger partial charge in [0.1, 0.15) is 5.75 Å². The number of hydrogen-bond donors (Lipinski definition) is 2. The zero-order valence-electron chi connectivity index (χ0n) is 13.8. The summed E-state index contributed by atoms with van der Waals surface area (Å²) in [7, 11) is 0. The van der Waals surface area contributed by atoms with Gasteiger partial charge in [-0.25, -0.2) is 4.98 Å². The van der Waals surface area contributed by atoms with Crippen molar-refractivity contribution in [3.63, 3.8) is 0 Å². The summed E-state index contributed by atoms with van der Waals surface area (Å²) < 4.78 is 42.9. The summed E-state index contributed by atoms with van der Waals surface area (Å²) in [5.74, 6) is 0.259. The van der Waals surface area contributed by atoms with E-state index in [0.717, 1.165) is 44.3 Å². The third-order valence-electron chi connectivity index (χ3n) is 4.03. The first kappa shape index (κ1) is 18.2. The first-order valence-electron chi connectivity index (χ1n) is 8.24. The highest BCUT2D eigenvalue weighted by Crippen LogP contribution is 2.30. The zero-order valence-corrected chi connectivity index (χ0v) is 13.8. The lowest BCUT2D eigenvalue weighted by Crippen LogP contribution is -2.45. The molecule has 0 saturated carbocycles. The van der Waals surface area contributed by atoms with Crippen LogP contribution in [0.1, 0.15) is 28.8 Å². The maximum Gasteiger partial charge on any atom is 0.417 e. The smallest absolute Gasteiger partial charge is 0.417 e. The number of nitrogens with one attached hydrogen (secondary N) is 2. The van der Waals surface area contributed by atoms with Crippen molar-refractivity contribution in [2.75, 3.05) is 13.1 Å². The largest absolute Gasteiger partial charge is 0.439 e. The number of amides is 1. The molecule has 0 spiro atoms. The molecule has 5 nitrogen and oxygen atoms in total. The molecular weight excluding hydrogens is 347 g/mol. The molecule has 8 heteroatoms. The van der Waals surface area contributed by atoms with Gasteiger partial charge >= 0.3 is 6.18 Å². The minimum absolute atomic E-state index is 0.0449. The second kappa shape index (κ2) is 7.74. The van der Waals surface area contributed by atoms with Crippen LogP contribution in [0.3, 0.4) is 0 Å². The van der Waals surface area contributed by atoms with Crippen molar-refractivity contribution >= 4 is 5.91 Å². The summed E-state index contributed by atoms with van der Waals surface area (Å²) in [5.41, 5.74) is -0.350. The van der Waals surface area contributed by atoms with Gasteiger partial charge in [0.2, 0.25) is 5.88 Å². The Balaban J connectivity index is 1.59. The fourth-order valence-corrected chi connectivity index (χ4v) is 2.65. The minimum atomic E-state index is -4.44. The van der Waals surface area contributed by atoms with Crippen molar-refractivity contribution in [1.29, 1.82) is 0 Å². The van der Waals surface area contributed by atoms with E-state index in [1.54, 1.807) is 24.3 Å². The lowest BCUT2D eigenvalue weighted by molar-refractivity contribution is -0.137. The van der Waals surface area contributed by atoms with Crippen molar-refractivity contribution in [2.45, 2.75) is 25.1 Å². The number of pyridine rings is 1. The van der Waals surface area contributed by atoms with Crippen LogP contribution < -0.4 is 15.4 Å². The van der Waals surface area contributed by atoms with Crippen molar-refractivity contribution in [1.82, 2.24) is 15.6 Å². The van der Waals surface area contributed by atoms with E-state index in [1.165, 1.54) is 0 Å². The Bertz CT molecular complexity index is 740. The van der Waals surface area contributed by atoms with Gasteiger partial charge < -0.3 is 15.4 Å². The third kappa shape index (κ3) is 4.72. The minimum Gasteiger partial charge on any atom is -0.439 e. The standard InChI is InChI=1S/C18H18F3N3O2/c19-18(20,21)13-5-8-16(23-10-13)26-15-6-3-12(4-7-15)17(25)24-14-2-1-9-22-11-14/h3-8,10,14,22H,1-2,9,11H2,(H,24,25). The van der Waals surface area contributed by atoms with Gasteiger partial charge in [0.05, 0.1) is 5.56 Å². The lowest BCUT2D eigenvalue weighted by Gasteiger charge is -2.23. The van der Waals surface area contributed by atoms with Crippen LogP contribution in [0, 0.1) is 0 Å². The summed E-state index contributed by atoms with van der Waals surface area (Å²) >= 11 is 0. The molecule has 3 rings (SSSR count). The SMILES string of the molecule is O=C(NC1CCCNC1)c1ccc(Oc2ccc(C(F)(F)F)cn2)cc1. The highest BCUT2D eigenvalue weighted by molar-refractivity contribution is 5.94. The monoisotopic (exact) mass is 365 g/mol. The molecule has 1 fully saturated rings.